The van der Waals surface area contributed by atoms with Crippen LogP contribution in [-0.4, -0.2) is 50.6 Å². The van der Waals surface area contributed by atoms with Gasteiger partial charge >= 0.3 is 0 Å². The Labute approximate surface area is 141 Å². The number of amides is 2. The van der Waals surface area contributed by atoms with Gasteiger partial charge in [-0.1, -0.05) is 11.6 Å². The van der Waals surface area contributed by atoms with Crippen LogP contribution in [0.25, 0.3) is 0 Å². The van der Waals surface area contributed by atoms with Gasteiger partial charge in [-0.25, -0.2) is 0 Å². The molecule has 0 saturated heterocycles. The van der Waals surface area contributed by atoms with E-state index < -0.39 is 0 Å². The van der Waals surface area contributed by atoms with Gasteiger partial charge in [0.2, 0.25) is 11.8 Å². The Morgan fingerprint density at radius 1 is 1.26 bits per heavy atom. The van der Waals surface area contributed by atoms with Crippen molar-refractivity contribution in [2.45, 2.75) is 19.8 Å². The van der Waals surface area contributed by atoms with Crippen LogP contribution < -0.4 is 10.1 Å². The lowest BCUT2D eigenvalue weighted by Crippen LogP contribution is -2.33. The summed E-state index contributed by atoms with van der Waals surface area (Å²) >= 11 is 5.93. The van der Waals surface area contributed by atoms with Gasteiger partial charge in [0.05, 0.1) is 12.8 Å². The molecule has 1 aromatic rings. The first-order valence-corrected chi connectivity index (χ1v) is 7.73. The lowest BCUT2D eigenvalue weighted by atomic mass is 10.2. The van der Waals surface area contributed by atoms with Gasteiger partial charge in [-0.3, -0.25) is 9.59 Å². The van der Waals surface area contributed by atoms with E-state index in [1.54, 1.807) is 30.2 Å². The predicted molar refractivity (Wildman–Crippen MR) is 90.0 cm³/mol. The highest BCUT2D eigenvalue weighted by atomic mass is 35.5. The number of hydrogen-bond donors (Lipinski definition) is 1. The summed E-state index contributed by atoms with van der Waals surface area (Å²) in [6.45, 7) is 2.99. The van der Waals surface area contributed by atoms with Gasteiger partial charge in [0.1, 0.15) is 5.75 Å². The Morgan fingerprint density at radius 3 is 2.61 bits per heavy atom. The van der Waals surface area contributed by atoms with Crippen molar-refractivity contribution in [1.29, 1.82) is 0 Å². The minimum atomic E-state index is -0.205. The summed E-state index contributed by atoms with van der Waals surface area (Å²) in [6, 6.07) is 4.99. The van der Waals surface area contributed by atoms with Crippen LogP contribution in [0.5, 0.6) is 5.75 Å². The summed E-state index contributed by atoms with van der Waals surface area (Å²) in [5, 5.41) is 3.26. The molecule has 128 valence electrons. The number of nitrogens with one attached hydrogen (secondary N) is 1. The van der Waals surface area contributed by atoms with Crippen molar-refractivity contribution in [3.05, 3.63) is 23.2 Å². The number of rotatable bonds is 9. The zero-order chi connectivity index (χ0) is 17.2. The van der Waals surface area contributed by atoms with E-state index in [1.807, 2.05) is 0 Å². The molecule has 7 heteroatoms. The fourth-order valence-corrected chi connectivity index (χ4v) is 2.23. The highest BCUT2D eigenvalue weighted by molar-refractivity contribution is 6.31. The second kappa shape index (κ2) is 10.1. The Balaban J connectivity index is 2.55. The molecule has 1 N–H and O–H groups in total. The SMILES string of the molecule is COCCCN(CCC(=O)Nc1cc(Cl)ccc1OC)C(C)=O. The molecule has 0 saturated carbocycles. The van der Waals surface area contributed by atoms with Gasteiger partial charge in [-0.05, 0) is 24.6 Å². The minimum absolute atomic E-state index is 0.0609. The number of carbonyl (C=O) groups excluding carboxylic acids is 2. The molecule has 0 unspecified atom stereocenters. The molecule has 1 rings (SSSR count). The molecule has 0 aromatic heterocycles. The van der Waals surface area contributed by atoms with Gasteiger partial charge in [-0.15, -0.1) is 0 Å². The molecule has 0 bridgehead atoms. The molecule has 23 heavy (non-hydrogen) atoms. The highest BCUT2D eigenvalue weighted by Gasteiger charge is 2.13. The van der Waals surface area contributed by atoms with E-state index >= 15 is 0 Å². The molecule has 0 aliphatic carbocycles. The van der Waals surface area contributed by atoms with Gasteiger partial charge < -0.3 is 19.7 Å². The van der Waals surface area contributed by atoms with Crippen LogP contribution in [0.15, 0.2) is 18.2 Å². The van der Waals surface area contributed by atoms with E-state index in [-0.39, 0.29) is 18.2 Å². The van der Waals surface area contributed by atoms with Gasteiger partial charge in [0, 0.05) is 45.2 Å². The van der Waals surface area contributed by atoms with Crippen molar-refractivity contribution in [3.63, 3.8) is 0 Å². The molecular formula is C16H23ClN2O4. The number of halogens is 1. The van der Waals surface area contributed by atoms with Crippen molar-refractivity contribution in [3.8, 4) is 5.75 Å². The third kappa shape index (κ3) is 6.88. The molecule has 0 aliphatic rings. The summed E-state index contributed by atoms with van der Waals surface area (Å²) in [6.07, 6.45) is 0.933. The Bertz CT molecular complexity index is 537. The zero-order valence-corrected chi connectivity index (χ0v) is 14.5. The standard InChI is InChI=1S/C16H23ClN2O4/c1-12(20)19(8-4-10-22-2)9-7-16(21)18-14-11-13(17)5-6-15(14)23-3/h5-6,11H,4,7-10H2,1-3H3,(H,18,21). The number of methoxy groups -OCH3 is 2. The fourth-order valence-electron chi connectivity index (χ4n) is 2.05. The first kappa shape index (κ1) is 19.3. The Morgan fingerprint density at radius 2 is 2.00 bits per heavy atom. The number of anilines is 1. The van der Waals surface area contributed by atoms with E-state index in [2.05, 4.69) is 5.32 Å². The van der Waals surface area contributed by atoms with Crippen LogP contribution in [-0.2, 0) is 14.3 Å². The fraction of sp³-hybridized carbons (Fsp3) is 0.500. The first-order valence-electron chi connectivity index (χ1n) is 7.35. The van der Waals surface area contributed by atoms with E-state index in [0.717, 1.165) is 6.42 Å². The third-order valence-electron chi connectivity index (χ3n) is 3.27. The van der Waals surface area contributed by atoms with Crippen LogP contribution in [0, 0.1) is 0 Å². The number of nitrogens with zero attached hydrogens (tertiary/aromatic N) is 1. The molecule has 0 radical (unpaired) electrons. The van der Waals surface area contributed by atoms with Crippen LogP contribution in [0.2, 0.25) is 5.02 Å². The highest BCUT2D eigenvalue weighted by Crippen LogP contribution is 2.27. The van der Waals surface area contributed by atoms with Crippen molar-refractivity contribution < 1.29 is 19.1 Å². The number of carbonyl (C=O) groups is 2. The van der Waals surface area contributed by atoms with Crippen molar-refractivity contribution in [2.75, 3.05) is 39.2 Å². The molecule has 0 heterocycles. The van der Waals surface area contributed by atoms with Crippen LogP contribution in [0.4, 0.5) is 5.69 Å². The first-order chi connectivity index (χ1) is 11.0. The molecule has 0 fully saturated rings. The number of hydrogen-bond acceptors (Lipinski definition) is 4. The van der Waals surface area contributed by atoms with Crippen LogP contribution >= 0.6 is 11.6 Å². The molecule has 1 aromatic carbocycles. The van der Waals surface area contributed by atoms with E-state index in [1.165, 1.54) is 14.0 Å². The lowest BCUT2D eigenvalue weighted by molar-refractivity contribution is -0.129. The normalized spacial score (nSPS) is 10.3. The van der Waals surface area contributed by atoms with E-state index in [0.29, 0.717) is 36.2 Å². The molecular weight excluding hydrogens is 320 g/mol. The van der Waals surface area contributed by atoms with E-state index in [9.17, 15) is 9.59 Å². The predicted octanol–water partition coefficient (Wildman–Crippen LogP) is 2.56. The molecule has 0 aliphatic heterocycles. The monoisotopic (exact) mass is 342 g/mol. The quantitative estimate of drug-likeness (QED) is 0.700. The van der Waals surface area contributed by atoms with E-state index in [4.69, 9.17) is 21.1 Å². The Kier molecular flexibility index (Phi) is 8.43. The van der Waals surface area contributed by atoms with Gasteiger partial charge in [-0.2, -0.15) is 0 Å². The second-order valence-corrected chi connectivity index (χ2v) is 5.43. The lowest BCUT2D eigenvalue weighted by Gasteiger charge is -2.20. The zero-order valence-electron chi connectivity index (χ0n) is 13.7. The molecule has 0 spiro atoms. The summed E-state index contributed by atoms with van der Waals surface area (Å²) in [5.41, 5.74) is 0.513. The van der Waals surface area contributed by atoms with Crippen molar-refractivity contribution in [1.82, 2.24) is 4.90 Å². The molecule has 2 amide bonds. The largest absolute Gasteiger partial charge is 0.495 e. The smallest absolute Gasteiger partial charge is 0.226 e. The summed E-state index contributed by atoms with van der Waals surface area (Å²) < 4.78 is 10.1. The van der Waals surface area contributed by atoms with Gasteiger partial charge in [0.25, 0.3) is 0 Å². The Hall–Kier alpha value is -1.79. The minimum Gasteiger partial charge on any atom is -0.495 e. The third-order valence-corrected chi connectivity index (χ3v) is 3.50. The van der Waals surface area contributed by atoms with Crippen LogP contribution in [0.1, 0.15) is 19.8 Å². The maximum atomic E-state index is 12.1. The number of benzene rings is 1. The molecule has 0 atom stereocenters. The summed E-state index contributed by atoms with van der Waals surface area (Å²) in [7, 11) is 3.14. The summed E-state index contributed by atoms with van der Waals surface area (Å²) in [5.74, 6) is 0.268. The average molecular weight is 343 g/mol. The molecule has 6 nitrogen and oxygen atoms in total. The van der Waals surface area contributed by atoms with Crippen molar-refractivity contribution >= 4 is 29.1 Å². The summed E-state index contributed by atoms with van der Waals surface area (Å²) in [4.78, 5) is 25.3. The van der Waals surface area contributed by atoms with Gasteiger partial charge in [0.15, 0.2) is 0 Å². The maximum Gasteiger partial charge on any atom is 0.226 e. The maximum absolute atomic E-state index is 12.1. The van der Waals surface area contributed by atoms with Crippen molar-refractivity contribution in [2.24, 2.45) is 0 Å². The topological polar surface area (TPSA) is 67.9 Å². The average Bonchev–Trinajstić information content (AvgIpc) is 2.50. The number of ether oxygens (including phenoxy) is 2. The second-order valence-electron chi connectivity index (χ2n) is 5.00. The van der Waals surface area contributed by atoms with Crippen LogP contribution in [0.3, 0.4) is 0 Å².